The molecule has 0 spiro atoms. The number of nitrogens with one attached hydrogen (secondary N) is 2. The standard InChI is InChI=1S/C23H28N2O5/c1-4-5-6-15-29-21-13-7-18(8-14-21)23(28)30-16(2)22(27)25-20-11-9-19(10-12-20)24-17(3)26/h7-14,16H,4-6,15H2,1-3H3,(H,24,26)(H,25,27). The summed E-state index contributed by atoms with van der Waals surface area (Å²) in [6, 6.07) is 13.3. The molecule has 7 heteroatoms. The van der Waals surface area contributed by atoms with Crippen molar-refractivity contribution in [3.8, 4) is 5.75 Å². The largest absolute Gasteiger partial charge is 0.494 e. The fraction of sp³-hybridized carbons (Fsp3) is 0.348. The Morgan fingerprint density at radius 1 is 0.900 bits per heavy atom. The van der Waals surface area contributed by atoms with E-state index in [0.717, 1.165) is 19.3 Å². The zero-order valence-electron chi connectivity index (χ0n) is 17.6. The molecule has 2 aromatic rings. The maximum atomic E-state index is 12.3. The van der Waals surface area contributed by atoms with E-state index in [1.807, 2.05) is 0 Å². The van der Waals surface area contributed by atoms with E-state index in [2.05, 4.69) is 17.6 Å². The molecule has 30 heavy (non-hydrogen) atoms. The first kappa shape index (κ1) is 22.9. The predicted molar refractivity (Wildman–Crippen MR) is 116 cm³/mol. The average molecular weight is 412 g/mol. The van der Waals surface area contributed by atoms with E-state index < -0.39 is 18.0 Å². The summed E-state index contributed by atoms with van der Waals surface area (Å²) < 4.78 is 10.9. The number of amides is 2. The summed E-state index contributed by atoms with van der Waals surface area (Å²) in [5.41, 5.74) is 1.49. The summed E-state index contributed by atoms with van der Waals surface area (Å²) >= 11 is 0. The highest BCUT2D eigenvalue weighted by atomic mass is 16.5. The van der Waals surface area contributed by atoms with E-state index in [0.29, 0.717) is 29.3 Å². The van der Waals surface area contributed by atoms with Crippen molar-refractivity contribution in [1.82, 2.24) is 0 Å². The third-order valence-corrected chi connectivity index (χ3v) is 4.23. The van der Waals surface area contributed by atoms with Crippen LogP contribution in [-0.2, 0) is 14.3 Å². The molecule has 2 N–H and O–H groups in total. The molecule has 0 aromatic heterocycles. The van der Waals surface area contributed by atoms with Crippen molar-refractivity contribution in [2.24, 2.45) is 0 Å². The predicted octanol–water partition coefficient (Wildman–Crippen LogP) is 4.40. The van der Waals surface area contributed by atoms with Gasteiger partial charge in [0.15, 0.2) is 6.10 Å². The van der Waals surface area contributed by atoms with Gasteiger partial charge in [-0.25, -0.2) is 4.79 Å². The van der Waals surface area contributed by atoms with E-state index in [-0.39, 0.29) is 5.91 Å². The Hall–Kier alpha value is -3.35. The van der Waals surface area contributed by atoms with Gasteiger partial charge in [-0.3, -0.25) is 9.59 Å². The third-order valence-electron chi connectivity index (χ3n) is 4.23. The summed E-state index contributed by atoms with van der Waals surface area (Å²) in [5, 5.41) is 5.32. The summed E-state index contributed by atoms with van der Waals surface area (Å²) in [4.78, 5) is 35.6. The molecule has 0 bridgehead atoms. The lowest BCUT2D eigenvalue weighted by Crippen LogP contribution is -2.30. The van der Waals surface area contributed by atoms with Crippen LogP contribution >= 0.6 is 0 Å². The SMILES string of the molecule is CCCCCOc1ccc(C(=O)OC(C)C(=O)Nc2ccc(NC(C)=O)cc2)cc1. The number of anilines is 2. The maximum absolute atomic E-state index is 12.3. The molecule has 1 atom stereocenters. The number of carbonyl (C=O) groups is 3. The van der Waals surface area contributed by atoms with Crippen molar-refractivity contribution in [3.05, 3.63) is 54.1 Å². The normalized spacial score (nSPS) is 11.3. The van der Waals surface area contributed by atoms with E-state index in [4.69, 9.17) is 9.47 Å². The van der Waals surface area contributed by atoms with Crippen LogP contribution in [0.15, 0.2) is 48.5 Å². The van der Waals surface area contributed by atoms with Crippen LogP contribution < -0.4 is 15.4 Å². The van der Waals surface area contributed by atoms with Gasteiger partial charge in [-0.05, 0) is 61.9 Å². The smallest absolute Gasteiger partial charge is 0.338 e. The molecule has 0 saturated heterocycles. The first-order chi connectivity index (χ1) is 14.4. The van der Waals surface area contributed by atoms with Gasteiger partial charge in [0.2, 0.25) is 5.91 Å². The molecule has 2 rings (SSSR count). The quantitative estimate of drug-likeness (QED) is 0.446. The van der Waals surface area contributed by atoms with Crippen molar-refractivity contribution in [2.75, 3.05) is 17.2 Å². The van der Waals surface area contributed by atoms with Gasteiger partial charge >= 0.3 is 5.97 Å². The lowest BCUT2D eigenvalue weighted by atomic mass is 10.2. The molecule has 0 fully saturated rings. The summed E-state index contributed by atoms with van der Waals surface area (Å²) in [5.74, 6) is -0.526. The molecule has 0 radical (unpaired) electrons. The minimum Gasteiger partial charge on any atom is -0.494 e. The van der Waals surface area contributed by atoms with Gasteiger partial charge < -0.3 is 20.1 Å². The minimum atomic E-state index is -0.975. The molecular formula is C23H28N2O5. The fourth-order valence-electron chi connectivity index (χ4n) is 2.60. The topological polar surface area (TPSA) is 93.7 Å². The van der Waals surface area contributed by atoms with Crippen LogP contribution in [0.1, 0.15) is 50.4 Å². The number of benzene rings is 2. The number of hydrogen-bond donors (Lipinski definition) is 2. The molecule has 0 aliphatic carbocycles. The second-order valence-electron chi connectivity index (χ2n) is 6.88. The average Bonchev–Trinajstić information content (AvgIpc) is 2.72. The number of rotatable bonds is 10. The molecule has 1 unspecified atom stereocenters. The van der Waals surface area contributed by atoms with E-state index in [1.165, 1.54) is 13.8 Å². The Morgan fingerprint density at radius 3 is 2.07 bits per heavy atom. The molecule has 0 heterocycles. The number of esters is 1. The van der Waals surface area contributed by atoms with E-state index in [1.54, 1.807) is 48.5 Å². The molecule has 0 saturated carbocycles. The van der Waals surface area contributed by atoms with Gasteiger partial charge in [0.05, 0.1) is 12.2 Å². The van der Waals surface area contributed by atoms with Crippen LogP contribution in [0.25, 0.3) is 0 Å². The Balaban J connectivity index is 1.84. The number of hydrogen-bond acceptors (Lipinski definition) is 5. The molecular weight excluding hydrogens is 384 g/mol. The Morgan fingerprint density at radius 2 is 1.50 bits per heavy atom. The van der Waals surface area contributed by atoms with Crippen LogP contribution in [0, 0.1) is 0 Å². The van der Waals surface area contributed by atoms with Gasteiger partial charge in [-0.15, -0.1) is 0 Å². The number of ether oxygens (including phenoxy) is 2. The molecule has 7 nitrogen and oxygen atoms in total. The minimum absolute atomic E-state index is 0.177. The molecule has 0 aliphatic rings. The monoisotopic (exact) mass is 412 g/mol. The van der Waals surface area contributed by atoms with Crippen LogP contribution in [-0.4, -0.2) is 30.5 Å². The second-order valence-corrected chi connectivity index (χ2v) is 6.88. The van der Waals surface area contributed by atoms with E-state index >= 15 is 0 Å². The third kappa shape index (κ3) is 7.58. The van der Waals surface area contributed by atoms with Crippen molar-refractivity contribution in [2.45, 2.75) is 46.1 Å². The Labute approximate surface area is 176 Å². The van der Waals surface area contributed by atoms with Gasteiger partial charge in [-0.1, -0.05) is 19.8 Å². The van der Waals surface area contributed by atoms with Crippen molar-refractivity contribution in [3.63, 3.8) is 0 Å². The summed E-state index contributed by atoms with van der Waals surface area (Å²) in [6.45, 7) is 5.69. The van der Waals surface area contributed by atoms with Gasteiger partial charge in [0, 0.05) is 18.3 Å². The Kier molecular flexibility index (Phi) is 8.87. The summed E-state index contributed by atoms with van der Waals surface area (Å²) in [6.07, 6.45) is 2.26. The highest BCUT2D eigenvalue weighted by Crippen LogP contribution is 2.16. The first-order valence-corrected chi connectivity index (χ1v) is 10.0. The molecule has 2 aromatic carbocycles. The maximum Gasteiger partial charge on any atom is 0.338 e. The van der Waals surface area contributed by atoms with Gasteiger partial charge in [0.1, 0.15) is 5.75 Å². The zero-order valence-corrected chi connectivity index (χ0v) is 17.6. The molecule has 2 amide bonds. The van der Waals surface area contributed by atoms with Crippen LogP contribution in [0.4, 0.5) is 11.4 Å². The second kappa shape index (κ2) is 11.6. The van der Waals surface area contributed by atoms with Crippen LogP contribution in [0.2, 0.25) is 0 Å². The lowest BCUT2D eigenvalue weighted by molar-refractivity contribution is -0.123. The summed E-state index contributed by atoms with van der Waals surface area (Å²) in [7, 11) is 0. The van der Waals surface area contributed by atoms with Crippen LogP contribution in [0.3, 0.4) is 0 Å². The van der Waals surface area contributed by atoms with Crippen molar-refractivity contribution in [1.29, 1.82) is 0 Å². The molecule has 160 valence electrons. The molecule has 0 aliphatic heterocycles. The van der Waals surface area contributed by atoms with Gasteiger partial charge in [0.25, 0.3) is 5.91 Å². The zero-order chi connectivity index (χ0) is 21.9. The highest BCUT2D eigenvalue weighted by Gasteiger charge is 2.19. The Bertz CT molecular complexity index is 847. The van der Waals surface area contributed by atoms with Crippen molar-refractivity contribution < 1.29 is 23.9 Å². The van der Waals surface area contributed by atoms with Gasteiger partial charge in [-0.2, -0.15) is 0 Å². The fourth-order valence-corrected chi connectivity index (χ4v) is 2.60. The van der Waals surface area contributed by atoms with Crippen LogP contribution in [0.5, 0.6) is 5.75 Å². The highest BCUT2D eigenvalue weighted by molar-refractivity contribution is 5.97. The number of carbonyl (C=O) groups excluding carboxylic acids is 3. The van der Waals surface area contributed by atoms with Crippen molar-refractivity contribution >= 4 is 29.2 Å². The van der Waals surface area contributed by atoms with E-state index in [9.17, 15) is 14.4 Å². The first-order valence-electron chi connectivity index (χ1n) is 10.0. The number of unbranched alkanes of at least 4 members (excludes halogenated alkanes) is 2. The lowest BCUT2D eigenvalue weighted by Gasteiger charge is -2.14.